The van der Waals surface area contributed by atoms with Crippen LogP contribution >= 0.6 is 27.3 Å². The van der Waals surface area contributed by atoms with Gasteiger partial charge in [0.1, 0.15) is 0 Å². The van der Waals surface area contributed by atoms with Crippen LogP contribution in [-0.2, 0) is 0 Å². The maximum atomic E-state index is 10.9. The SMILES string of the molecule is CC(=O)c1ccc(C#CCCBr)s1. The van der Waals surface area contributed by atoms with Crippen LogP contribution < -0.4 is 0 Å². The number of hydrogen-bond donors (Lipinski definition) is 0. The van der Waals surface area contributed by atoms with E-state index >= 15 is 0 Å². The van der Waals surface area contributed by atoms with Gasteiger partial charge in [0, 0.05) is 11.8 Å². The van der Waals surface area contributed by atoms with Crippen LogP contribution in [0.4, 0.5) is 0 Å². The molecule has 0 aliphatic rings. The number of halogens is 1. The minimum absolute atomic E-state index is 0.110. The maximum Gasteiger partial charge on any atom is 0.169 e. The molecule has 1 nitrogen and oxygen atoms in total. The molecule has 0 aliphatic heterocycles. The summed E-state index contributed by atoms with van der Waals surface area (Å²) in [5.41, 5.74) is 0. The van der Waals surface area contributed by atoms with Gasteiger partial charge >= 0.3 is 0 Å². The molecule has 0 spiro atoms. The Labute approximate surface area is 90.3 Å². The monoisotopic (exact) mass is 256 g/mol. The highest BCUT2D eigenvalue weighted by Gasteiger charge is 2.01. The van der Waals surface area contributed by atoms with Crippen molar-refractivity contribution in [1.29, 1.82) is 0 Å². The average molecular weight is 257 g/mol. The third-order valence-corrected chi connectivity index (χ3v) is 2.88. The van der Waals surface area contributed by atoms with Gasteiger partial charge in [-0.25, -0.2) is 0 Å². The Morgan fingerprint density at radius 1 is 1.62 bits per heavy atom. The Hall–Kier alpha value is -0.590. The van der Waals surface area contributed by atoms with Crippen LogP contribution in [0.1, 0.15) is 27.9 Å². The molecule has 0 radical (unpaired) electrons. The van der Waals surface area contributed by atoms with Crippen LogP contribution in [0.15, 0.2) is 12.1 Å². The minimum atomic E-state index is 0.110. The van der Waals surface area contributed by atoms with E-state index in [9.17, 15) is 4.79 Å². The fraction of sp³-hybridized carbons (Fsp3) is 0.300. The predicted octanol–water partition coefficient (Wildman–Crippen LogP) is 3.09. The summed E-state index contributed by atoms with van der Waals surface area (Å²) in [6.07, 6.45) is 0.841. The zero-order valence-electron chi connectivity index (χ0n) is 7.26. The van der Waals surface area contributed by atoms with Crippen LogP contribution in [0, 0.1) is 11.8 Å². The van der Waals surface area contributed by atoms with E-state index in [1.54, 1.807) is 6.92 Å². The summed E-state index contributed by atoms with van der Waals surface area (Å²) in [5.74, 6) is 6.12. The van der Waals surface area contributed by atoms with Gasteiger partial charge in [-0.2, -0.15) is 0 Å². The quantitative estimate of drug-likeness (QED) is 0.452. The predicted molar refractivity (Wildman–Crippen MR) is 59.6 cm³/mol. The second-order valence-electron chi connectivity index (χ2n) is 2.46. The summed E-state index contributed by atoms with van der Waals surface area (Å²) in [6, 6.07) is 3.72. The van der Waals surface area contributed by atoms with Crippen molar-refractivity contribution in [3.05, 3.63) is 21.9 Å². The van der Waals surface area contributed by atoms with Crippen molar-refractivity contribution in [1.82, 2.24) is 0 Å². The van der Waals surface area contributed by atoms with E-state index in [0.717, 1.165) is 21.5 Å². The average Bonchev–Trinajstić information content (AvgIpc) is 2.53. The Bertz CT molecular complexity index is 356. The molecule has 1 rings (SSSR count). The van der Waals surface area contributed by atoms with Gasteiger partial charge in [0.15, 0.2) is 5.78 Å². The Morgan fingerprint density at radius 3 is 2.92 bits per heavy atom. The molecular formula is C10H9BrOS. The van der Waals surface area contributed by atoms with Gasteiger partial charge in [-0.3, -0.25) is 4.79 Å². The number of alkyl halides is 1. The van der Waals surface area contributed by atoms with Crippen LogP contribution in [0.2, 0.25) is 0 Å². The lowest BCUT2D eigenvalue weighted by molar-refractivity contribution is 0.102. The van der Waals surface area contributed by atoms with Crippen molar-refractivity contribution in [3.63, 3.8) is 0 Å². The number of Topliss-reactive ketones (excluding diaryl/α,β-unsaturated/α-hetero) is 1. The number of hydrogen-bond acceptors (Lipinski definition) is 2. The number of carbonyl (C=O) groups excluding carboxylic acids is 1. The largest absolute Gasteiger partial charge is 0.294 e. The van der Waals surface area contributed by atoms with Gasteiger partial charge in [-0.15, -0.1) is 11.3 Å². The molecule has 0 unspecified atom stereocenters. The van der Waals surface area contributed by atoms with Crippen LogP contribution in [-0.4, -0.2) is 11.1 Å². The second-order valence-corrected chi connectivity index (χ2v) is 4.34. The summed E-state index contributed by atoms with van der Waals surface area (Å²) in [6.45, 7) is 1.57. The van der Waals surface area contributed by atoms with E-state index in [0.29, 0.717) is 0 Å². The number of carbonyl (C=O) groups is 1. The lowest BCUT2D eigenvalue weighted by Gasteiger charge is -1.82. The van der Waals surface area contributed by atoms with Crippen molar-refractivity contribution in [2.45, 2.75) is 13.3 Å². The molecule has 0 atom stereocenters. The van der Waals surface area contributed by atoms with Gasteiger partial charge in [-0.05, 0) is 19.1 Å². The number of thiophene rings is 1. The first-order valence-corrected chi connectivity index (χ1v) is 5.83. The van der Waals surface area contributed by atoms with E-state index in [-0.39, 0.29) is 5.78 Å². The standard InChI is InChI=1S/C10H9BrOS/c1-8(12)10-6-5-9(13-10)4-2-3-7-11/h5-6H,3,7H2,1H3. The highest BCUT2D eigenvalue weighted by atomic mass is 79.9. The van der Waals surface area contributed by atoms with E-state index in [2.05, 4.69) is 27.8 Å². The molecule has 0 aliphatic carbocycles. The molecule has 0 amide bonds. The van der Waals surface area contributed by atoms with Gasteiger partial charge in [-0.1, -0.05) is 27.8 Å². The molecule has 3 heteroatoms. The van der Waals surface area contributed by atoms with E-state index < -0.39 is 0 Å². The normalized spacial score (nSPS) is 9.08. The van der Waals surface area contributed by atoms with Gasteiger partial charge in [0.2, 0.25) is 0 Å². The highest BCUT2D eigenvalue weighted by Crippen LogP contribution is 2.15. The lowest BCUT2D eigenvalue weighted by atomic mass is 10.3. The van der Waals surface area contributed by atoms with Crippen LogP contribution in [0.25, 0.3) is 0 Å². The number of rotatable bonds is 2. The summed E-state index contributed by atoms with van der Waals surface area (Å²) >= 11 is 4.75. The van der Waals surface area contributed by atoms with Crippen molar-refractivity contribution < 1.29 is 4.79 Å². The molecule has 0 saturated heterocycles. The highest BCUT2D eigenvalue weighted by molar-refractivity contribution is 9.09. The molecule has 1 aromatic rings. The molecule has 0 N–H and O–H groups in total. The summed E-state index contributed by atoms with van der Waals surface area (Å²) in [5, 5.41) is 0.894. The van der Waals surface area contributed by atoms with Crippen LogP contribution in [0.3, 0.4) is 0 Å². The first kappa shape index (κ1) is 10.5. The second kappa shape index (κ2) is 5.21. The van der Waals surface area contributed by atoms with Crippen molar-refractivity contribution in [2.24, 2.45) is 0 Å². The van der Waals surface area contributed by atoms with Gasteiger partial charge < -0.3 is 0 Å². The summed E-state index contributed by atoms with van der Waals surface area (Å²) in [7, 11) is 0. The number of ketones is 1. The summed E-state index contributed by atoms with van der Waals surface area (Å²) < 4.78 is 0. The third-order valence-electron chi connectivity index (χ3n) is 1.38. The topological polar surface area (TPSA) is 17.1 Å². The summed E-state index contributed by atoms with van der Waals surface area (Å²) in [4.78, 5) is 12.7. The van der Waals surface area contributed by atoms with E-state index in [1.807, 2.05) is 12.1 Å². The Morgan fingerprint density at radius 2 is 2.38 bits per heavy atom. The molecule has 1 aromatic heterocycles. The van der Waals surface area contributed by atoms with Crippen molar-refractivity contribution in [3.8, 4) is 11.8 Å². The van der Waals surface area contributed by atoms with Crippen molar-refractivity contribution in [2.75, 3.05) is 5.33 Å². The minimum Gasteiger partial charge on any atom is -0.294 e. The van der Waals surface area contributed by atoms with E-state index in [1.165, 1.54) is 11.3 Å². The molecule has 13 heavy (non-hydrogen) atoms. The Balaban J connectivity index is 2.71. The fourth-order valence-electron chi connectivity index (χ4n) is 0.791. The molecule has 1 heterocycles. The van der Waals surface area contributed by atoms with Gasteiger partial charge in [0.25, 0.3) is 0 Å². The smallest absolute Gasteiger partial charge is 0.169 e. The third kappa shape index (κ3) is 3.33. The zero-order valence-corrected chi connectivity index (χ0v) is 9.67. The molecular weight excluding hydrogens is 248 g/mol. The van der Waals surface area contributed by atoms with Crippen molar-refractivity contribution >= 4 is 33.0 Å². The first-order valence-electron chi connectivity index (χ1n) is 3.89. The van der Waals surface area contributed by atoms with Gasteiger partial charge in [0.05, 0.1) is 9.75 Å². The fourth-order valence-corrected chi connectivity index (χ4v) is 1.77. The molecule has 68 valence electrons. The zero-order chi connectivity index (χ0) is 9.68. The maximum absolute atomic E-state index is 10.9. The molecule has 0 saturated carbocycles. The molecule has 0 fully saturated rings. The van der Waals surface area contributed by atoms with E-state index in [4.69, 9.17) is 0 Å². The molecule has 0 bridgehead atoms. The lowest BCUT2D eigenvalue weighted by Crippen LogP contribution is -1.83. The first-order chi connectivity index (χ1) is 6.24. The Kier molecular flexibility index (Phi) is 4.20. The van der Waals surface area contributed by atoms with Crippen LogP contribution in [0.5, 0.6) is 0 Å². The molecule has 0 aromatic carbocycles.